The molecule has 1 saturated heterocycles. The average Bonchev–Trinajstić information content (AvgIpc) is 2.48. The van der Waals surface area contributed by atoms with Gasteiger partial charge in [0.25, 0.3) is 5.91 Å². The van der Waals surface area contributed by atoms with Gasteiger partial charge in [0.1, 0.15) is 6.61 Å². The molecule has 0 unspecified atom stereocenters. The van der Waals surface area contributed by atoms with Crippen LogP contribution in [-0.2, 0) is 10.8 Å². The van der Waals surface area contributed by atoms with E-state index in [1.807, 2.05) is 13.0 Å². The summed E-state index contributed by atoms with van der Waals surface area (Å²) in [5.74, 6) is 6.52. The van der Waals surface area contributed by atoms with Gasteiger partial charge in [-0.25, -0.2) is 0 Å². The number of hydrogen-bond donors (Lipinski definition) is 2. The Bertz CT molecular complexity index is 606. The van der Waals surface area contributed by atoms with Crippen molar-refractivity contribution in [3.05, 3.63) is 34.9 Å². The molecule has 1 aromatic rings. The molecule has 1 amide bonds. The summed E-state index contributed by atoms with van der Waals surface area (Å²) in [7, 11) is -0.734. The van der Waals surface area contributed by atoms with Crippen molar-refractivity contribution in [1.29, 1.82) is 0 Å². The molecule has 4 nitrogen and oxygen atoms in total. The van der Waals surface area contributed by atoms with Crippen molar-refractivity contribution in [3.8, 4) is 11.8 Å². The smallest absolute Gasteiger partial charge is 0.252 e. The first-order valence-corrected chi connectivity index (χ1v) is 8.45. The van der Waals surface area contributed by atoms with Gasteiger partial charge in [0.15, 0.2) is 0 Å². The zero-order chi connectivity index (χ0) is 15.2. The third-order valence-electron chi connectivity index (χ3n) is 3.44. The van der Waals surface area contributed by atoms with E-state index in [9.17, 15) is 9.00 Å². The predicted octanol–water partition coefficient (Wildman–Crippen LogP) is 0.980. The highest BCUT2D eigenvalue weighted by Gasteiger charge is 2.21. The van der Waals surface area contributed by atoms with Crippen LogP contribution in [0.5, 0.6) is 0 Å². The van der Waals surface area contributed by atoms with Crippen LogP contribution in [0.1, 0.15) is 34.3 Å². The predicted molar refractivity (Wildman–Crippen MR) is 83.5 cm³/mol. The highest BCUT2D eigenvalue weighted by Crippen LogP contribution is 2.14. The lowest BCUT2D eigenvalue weighted by Gasteiger charge is -2.22. The molecule has 1 heterocycles. The molecule has 1 aliphatic heterocycles. The fourth-order valence-electron chi connectivity index (χ4n) is 2.29. The number of aliphatic hydroxyl groups excluding tert-OH is 1. The molecule has 5 heteroatoms. The molecule has 0 aromatic heterocycles. The van der Waals surface area contributed by atoms with Gasteiger partial charge >= 0.3 is 0 Å². The van der Waals surface area contributed by atoms with E-state index >= 15 is 0 Å². The Balaban J connectivity index is 2.14. The lowest BCUT2D eigenvalue weighted by atomic mass is 10.0. The Labute approximate surface area is 127 Å². The van der Waals surface area contributed by atoms with Crippen molar-refractivity contribution in [2.75, 3.05) is 18.1 Å². The van der Waals surface area contributed by atoms with Gasteiger partial charge < -0.3 is 10.4 Å². The number of hydrogen-bond acceptors (Lipinski definition) is 3. The maximum Gasteiger partial charge on any atom is 0.252 e. The SMILES string of the molecule is Cc1ccc(C#CCO)c(C(=O)NC2CCS(=O)CC2)c1. The molecule has 2 N–H and O–H groups in total. The molecule has 1 aromatic carbocycles. The summed E-state index contributed by atoms with van der Waals surface area (Å²) in [6.07, 6.45) is 1.50. The largest absolute Gasteiger partial charge is 0.384 e. The van der Waals surface area contributed by atoms with Gasteiger partial charge in [0.2, 0.25) is 0 Å². The topological polar surface area (TPSA) is 66.4 Å². The number of aryl methyl sites for hydroxylation is 1. The van der Waals surface area contributed by atoms with Gasteiger partial charge in [-0.2, -0.15) is 0 Å². The zero-order valence-electron chi connectivity index (χ0n) is 12.0. The zero-order valence-corrected chi connectivity index (χ0v) is 12.8. The molecule has 21 heavy (non-hydrogen) atoms. The summed E-state index contributed by atoms with van der Waals surface area (Å²) >= 11 is 0. The Hall–Kier alpha value is -1.64. The van der Waals surface area contributed by atoms with E-state index in [2.05, 4.69) is 17.2 Å². The van der Waals surface area contributed by atoms with E-state index in [4.69, 9.17) is 5.11 Å². The van der Waals surface area contributed by atoms with Crippen molar-refractivity contribution in [1.82, 2.24) is 5.32 Å². The van der Waals surface area contributed by atoms with Crippen LogP contribution in [0.25, 0.3) is 0 Å². The first kappa shape index (κ1) is 15.7. The van der Waals surface area contributed by atoms with Crippen LogP contribution in [0, 0.1) is 18.8 Å². The van der Waals surface area contributed by atoms with Crippen molar-refractivity contribution < 1.29 is 14.1 Å². The fourth-order valence-corrected chi connectivity index (χ4v) is 3.59. The minimum absolute atomic E-state index is 0.0781. The maximum atomic E-state index is 12.4. The van der Waals surface area contributed by atoms with Crippen molar-refractivity contribution in [3.63, 3.8) is 0 Å². The van der Waals surface area contributed by atoms with Crippen molar-refractivity contribution >= 4 is 16.7 Å². The lowest BCUT2D eigenvalue weighted by Crippen LogP contribution is -2.39. The van der Waals surface area contributed by atoms with E-state index in [0.717, 1.165) is 18.4 Å². The summed E-state index contributed by atoms with van der Waals surface area (Å²) < 4.78 is 11.3. The molecule has 112 valence electrons. The second kappa shape index (κ2) is 7.39. The summed E-state index contributed by atoms with van der Waals surface area (Å²) in [5, 5.41) is 11.8. The maximum absolute atomic E-state index is 12.4. The second-order valence-corrected chi connectivity index (χ2v) is 6.80. The second-order valence-electron chi connectivity index (χ2n) is 5.10. The first-order valence-electron chi connectivity index (χ1n) is 6.96. The Morgan fingerprint density at radius 3 is 2.81 bits per heavy atom. The van der Waals surface area contributed by atoms with Crippen LogP contribution in [0.3, 0.4) is 0 Å². The molecule has 0 atom stereocenters. The third kappa shape index (κ3) is 4.42. The van der Waals surface area contributed by atoms with E-state index in [1.165, 1.54) is 0 Å². The number of amides is 1. The number of carbonyl (C=O) groups is 1. The first-order chi connectivity index (χ1) is 10.1. The lowest BCUT2D eigenvalue weighted by molar-refractivity contribution is 0.0934. The molecule has 0 bridgehead atoms. The van der Waals surface area contributed by atoms with Gasteiger partial charge in [-0.15, -0.1) is 0 Å². The summed E-state index contributed by atoms with van der Waals surface area (Å²) in [4.78, 5) is 12.4. The van der Waals surface area contributed by atoms with Crippen LogP contribution >= 0.6 is 0 Å². The van der Waals surface area contributed by atoms with Gasteiger partial charge in [-0.3, -0.25) is 9.00 Å². The number of benzene rings is 1. The van der Waals surface area contributed by atoms with Crippen LogP contribution < -0.4 is 5.32 Å². The van der Waals surface area contributed by atoms with Gasteiger partial charge in [-0.1, -0.05) is 23.5 Å². The van der Waals surface area contributed by atoms with E-state index < -0.39 is 10.8 Å². The average molecular weight is 305 g/mol. The summed E-state index contributed by atoms with van der Waals surface area (Å²) in [6, 6.07) is 5.57. The number of nitrogens with one attached hydrogen (secondary N) is 1. The minimum Gasteiger partial charge on any atom is -0.384 e. The van der Waals surface area contributed by atoms with Crippen LogP contribution in [0.15, 0.2) is 18.2 Å². The van der Waals surface area contributed by atoms with Crippen molar-refractivity contribution in [2.45, 2.75) is 25.8 Å². The summed E-state index contributed by atoms with van der Waals surface area (Å²) in [6.45, 7) is 1.69. The number of aliphatic hydroxyl groups is 1. The quantitative estimate of drug-likeness (QED) is 0.801. The van der Waals surface area contributed by atoms with E-state index in [1.54, 1.807) is 12.1 Å². The highest BCUT2D eigenvalue weighted by molar-refractivity contribution is 7.85. The van der Waals surface area contributed by atoms with E-state index in [0.29, 0.717) is 22.6 Å². The Morgan fingerprint density at radius 1 is 1.43 bits per heavy atom. The van der Waals surface area contributed by atoms with Gasteiger partial charge in [0, 0.05) is 33.9 Å². The van der Waals surface area contributed by atoms with Crippen LogP contribution in [-0.4, -0.2) is 39.4 Å². The van der Waals surface area contributed by atoms with E-state index in [-0.39, 0.29) is 18.6 Å². The molecule has 1 fully saturated rings. The van der Waals surface area contributed by atoms with Crippen LogP contribution in [0.2, 0.25) is 0 Å². The Kier molecular flexibility index (Phi) is 5.54. The highest BCUT2D eigenvalue weighted by atomic mass is 32.2. The number of carbonyl (C=O) groups excluding carboxylic acids is 1. The molecule has 1 aliphatic rings. The normalized spacial score (nSPS) is 21.2. The fraction of sp³-hybridized carbons (Fsp3) is 0.438. The molecule has 0 saturated carbocycles. The van der Waals surface area contributed by atoms with Gasteiger partial charge in [-0.05, 0) is 31.9 Å². The Morgan fingerprint density at radius 2 is 2.14 bits per heavy atom. The standard InChI is InChI=1S/C16H19NO3S/c1-12-4-5-13(3-2-8-18)15(11-12)16(19)17-14-6-9-21(20)10-7-14/h4-5,11,14,18H,6-10H2,1H3,(H,17,19). The van der Waals surface area contributed by atoms with Crippen molar-refractivity contribution in [2.24, 2.45) is 0 Å². The molecule has 2 rings (SSSR count). The van der Waals surface area contributed by atoms with Gasteiger partial charge in [0.05, 0.1) is 5.56 Å². The molecule has 0 aliphatic carbocycles. The van der Waals surface area contributed by atoms with Crippen LogP contribution in [0.4, 0.5) is 0 Å². The number of rotatable bonds is 2. The molecule has 0 radical (unpaired) electrons. The molecular formula is C16H19NO3S. The molecule has 0 spiro atoms. The monoisotopic (exact) mass is 305 g/mol. The minimum atomic E-state index is -0.734. The molecular weight excluding hydrogens is 286 g/mol. The third-order valence-corrected chi connectivity index (χ3v) is 4.83. The summed E-state index contributed by atoms with van der Waals surface area (Å²) in [5.41, 5.74) is 2.13.